The quantitative estimate of drug-likeness (QED) is 0.897. The first-order valence-corrected chi connectivity index (χ1v) is 6.59. The fourth-order valence-electron chi connectivity index (χ4n) is 2.12. The molecule has 4 heteroatoms. The summed E-state index contributed by atoms with van der Waals surface area (Å²) in [6.45, 7) is 8.14. The van der Waals surface area contributed by atoms with Crippen molar-refractivity contribution in [2.45, 2.75) is 33.9 Å². The lowest BCUT2D eigenvalue weighted by Gasteiger charge is -2.09. The largest absolute Gasteiger partial charge is 0.313 e. The summed E-state index contributed by atoms with van der Waals surface area (Å²) in [6.07, 6.45) is 0. The zero-order valence-corrected chi connectivity index (χ0v) is 11.7. The molecule has 2 aromatic rings. The van der Waals surface area contributed by atoms with E-state index in [0.717, 1.165) is 30.0 Å². The van der Waals surface area contributed by atoms with E-state index in [-0.39, 0.29) is 5.82 Å². The molecule has 19 heavy (non-hydrogen) atoms. The molecule has 0 radical (unpaired) electrons. The SMILES string of the molecule is CCNCc1ccc(F)c(Cn2nc(C)cc2C)c1. The van der Waals surface area contributed by atoms with Gasteiger partial charge in [-0.25, -0.2) is 4.39 Å². The summed E-state index contributed by atoms with van der Waals surface area (Å²) in [6, 6.07) is 7.27. The molecule has 0 bridgehead atoms. The summed E-state index contributed by atoms with van der Waals surface area (Å²) in [7, 11) is 0. The molecule has 0 saturated carbocycles. The number of halogens is 1. The molecule has 2 rings (SSSR count). The number of aromatic nitrogens is 2. The van der Waals surface area contributed by atoms with Gasteiger partial charge in [-0.2, -0.15) is 5.10 Å². The second kappa shape index (κ2) is 5.97. The normalized spacial score (nSPS) is 10.9. The Kier molecular flexibility index (Phi) is 4.32. The van der Waals surface area contributed by atoms with E-state index in [0.29, 0.717) is 12.1 Å². The van der Waals surface area contributed by atoms with Crippen LogP contribution in [0.2, 0.25) is 0 Å². The summed E-state index contributed by atoms with van der Waals surface area (Å²) in [5, 5.41) is 7.62. The monoisotopic (exact) mass is 261 g/mol. The third-order valence-electron chi connectivity index (χ3n) is 3.11. The molecule has 0 saturated heterocycles. The highest BCUT2D eigenvalue weighted by atomic mass is 19.1. The minimum Gasteiger partial charge on any atom is -0.313 e. The van der Waals surface area contributed by atoms with Gasteiger partial charge >= 0.3 is 0 Å². The first-order valence-electron chi connectivity index (χ1n) is 6.59. The van der Waals surface area contributed by atoms with E-state index in [1.807, 2.05) is 36.7 Å². The van der Waals surface area contributed by atoms with Gasteiger partial charge in [0.25, 0.3) is 0 Å². The average Bonchev–Trinajstić information content (AvgIpc) is 2.69. The lowest BCUT2D eigenvalue weighted by molar-refractivity contribution is 0.576. The summed E-state index contributed by atoms with van der Waals surface area (Å²) in [5.74, 6) is -0.173. The van der Waals surface area contributed by atoms with E-state index in [1.165, 1.54) is 6.07 Å². The molecular formula is C15H20FN3. The Bertz CT molecular complexity index is 561. The fraction of sp³-hybridized carbons (Fsp3) is 0.400. The van der Waals surface area contributed by atoms with Crippen molar-refractivity contribution >= 4 is 0 Å². The molecule has 0 amide bonds. The van der Waals surface area contributed by atoms with Crippen LogP contribution in [0.1, 0.15) is 29.4 Å². The molecular weight excluding hydrogens is 241 g/mol. The molecule has 1 heterocycles. The van der Waals surface area contributed by atoms with Gasteiger partial charge < -0.3 is 5.32 Å². The standard InChI is InChI=1S/C15H20FN3/c1-4-17-9-13-5-6-15(16)14(8-13)10-19-12(3)7-11(2)18-19/h5-8,17H,4,9-10H2,1-3H3. The molecule has 0 spiro atoms. The van der Waals surface area contributed by atoms with Gasteiger partial charge in [0.05, 0.1) is 12.2 Å². The maximum atomic E-state index is 13.9. The van der Waals surface area contributed by atoms with Gasteiger partial charge in [0.2, 0.25) is 0 Å². The number of nitrogens with zero attached hydrogens (tertiary/aromatic N) is 2. The van der Waals surface area contributed by atoms with E-state index in [1.54, 1.807) is 0 Å². The van der Waals surface area contributed by atoms with Gasteiger partial charge in [-0.3, -0.25) is 4.68 Å². The van der Waals surface area contributed by atoms with Crippen LogP contribution in [0.25, 0.3) is 0 Å². The second-order valence-electron chi connectivity index (χ2n) is 4.79. The highest BCUT2D eigenvalue weighted by Gasteiger charge is 2.07. The number of hydrogen-bond donors (Lipinski definition) is 1. The molecule has 1 aromatic carbocycles. The third-order valence-corrected chi connectivity index (χ3v) is 3.11. The van der Waals surface area contributed by atoms with Crippen molar-refractivity contribution in [3.8, 4) is 0 Å². The van der Waals surface area contributed by atoms with Crippen LogP contribution in [0, 0.1) is 19.7 Å². The first kappa shape index (κ1) is 13.7. The predicted molar refractivity (Wildman–Crippen MR) is 74.6 cm³/mol. The summed E-state index contributed by atoms with van der Waals surface area (Å²) >= 11 is 0. The molecule has 0 aliphatic heterocycles. The Balaban J connectivity index is 2.21. The van der Waals surface area contributed by atoms with Crippen LogP contribution in [-0.4, -0.2) is 16.3 Å². The van der Waals surface area contributed by atoms with Crippen molar-refractivity contribution in [1.82, 2.24) is 15.1 Å². The molecule has 0 unspecified atom stereocenters. The van der Waals surface area contributed by atoms with Crippen molar-refractivity contribution in [3.05, 3.63) is 52.6 Å². The van der Waals surface area contributed by atoms with E-state index in [4.69, 9.17) is 0 Å². The Morgan fingerprint density at radius 3 is 2.68 bits per heavy atom. The summed E-state index contributed by atoms with van der Waals surface area (Å²) in [5.41, 5.74) is 3.79. The Hall–Kier alpha value is -1.68. The van der Waals surface area contributed by atoms with Crippen LogP contribution >= 0.6 is 0 Å². The van der Waals surface area contributed by atoms with Crippen LogP contribution in [0.15, 0.2) is 24.3 Å². The Morgan fingerprint density at radius 1 is 1.26 bits per heavy atom. The van der Waals surface area contributed by atoms with Gasteiger partial charge in [0.15, 0.2) is 0 Å². The topological polar surface area (TPSA) is 29.9 Å². The average molecular weight is 261 g/mol. The van der Waals surface area contributed by atoms with Crippen molar-refractivity contribution in [2.24, 2.45) is 0 Å². The van der Waals surface area contributed by atoms with E-state index in [9.17, 15) is 4.39 Å². The number of nitrogens with one attached hydrogen (secondary N) is 1. The molecule has 1 aromatic heterocycles. The van der Waals surface area contributed by atoms with Crippen molar-refractivity contribution in [3.63, 3.8) is 0 Å². The van der Waals surface area contributed by atoms with E-state index in [2.05, 4.69) is 17.3 Å². The molecule has 0 fully saturated rings. The highest BCUT2D eigenvalue weighted by molar-refractivity contribution is 5.26. The van der Waals surface area contributed by atoms with E-state index < -0.39 is 0 Å². The van der Waals surface area contributed by atoms with Crippen molar-refractivity contribution in [2.75, 3.05) is 6.54 Å². The smallest absolute Gasteiger partial charge is 0.128 e. The maximum Gasteiger partial charge on any atom is 0.128 e. The van der Waals surface area contributed by atoms with Crippen LogP contribution in [-0.2, 0) is 13.1 Å². The number of aryl methyl sites for hydroxylation is 2. The second-order valence-corrected chi connectivity index (χ2v) is 4.79. The van der Waals surface area contributed by atoms with Gasteiger partial charge in [-0.15, -0.1) is 0 Å². The minimum atomic E-state index is -0.173. The van der Waals surface area contributed by atoms with Gasteiger partial charge in [-0.1, -0.05) is 13.0 Å². The molecule has 0 atom stereocenters. The molecule has 3 nitrogen and oxygen atoms in total. The Labute approximate surface area is 113 Å². The molecule has 0 aliphatic carbocycles. The van der Waals surface area contributed by atoms with Crippen LogP contribution < -0.4 is 5.32 Å². The fourth-order valence-corrected chi connectivity index (χ4v) is 2.12. The molecule has 102 valence electrons. The predicted octanol–water partition coefficient (Wildman–Crippen LogP) is 2.80. The highest BCUT2D eigenvalue weighted by Crippen LogP contribution is 2.14. The third kappa shape index (κ3) is 3.41. The van der Waals surface area contributed by atoms with Gasteiger partial charge in [0, 0.05) is 17.8 Å². The number of hydrogen-bond acceptors (Lipinski definition) is 2. The van der Waals surface area contributed by atoms with Crippen molar-refractivity contribution < 1.29 is 4.39 Å². The van der Waals surface area contributed by atoms with Crippen molar-refractivity contribution in [1.29, 1.82) is 0 Å². The zero-order chi connectivity index (χ0) is 13.8. The zero-order valence-electron chi connectivity index (χ0n) is 11.7. The number of benzene rings is 1. The summed E-state index contributed by atoms with van der Waals surface area (Å²) < 4.78 is 15.7. The van der Waals surface area contributed by atoms with E-state index >= 15 is 0 Å². The minimum absolute atomic E-state index is 0.173. The Morgan fingerprint density at radius 2 is 2.05 bits per heavy atom. The lowest BCUT2D eigenvalue weighted by atomic mass is 10.1. The van der Waals surface area contributed by atoms with Crippen LogP contribution in [0.4, 0.5) is 4.39 Å². The molecule has 1 N–H and O–H groups in total. The van der Waals surface area contributed by atoms with Crippen LogP contribution in [0.5, 0.6) is 0 Å². The number of rotatable bonds is 5. The van der Waals surface area contributed by atoms with Gasteiger partial charge in [0.1, 0.15) is 5.82 Å². The maximum absolute atomic E-state index is 13.9. The first-order chi connectivity index (χ1) is 9.10. The molecule has 0 aliphatic rings. The van der Waals surface area contributed by atoms with Crippen LogP contribution in [0.3, 0.4) is 0 Å². The van der Waals surface area contributed by atoms with Gasteiger partial charge in [-0.05, 0) is 44.2 Å². The lowest BCUT2D eigenvalue weighted by Crippen LogP contribution is -2.13. The summed E-state index contributed by atoms with van der Waals surface area (Å²) in [4.78, 5) is 0.